The number of halogens is 1. The van der Waals surface area contributed by atoms with E-state index in [2.05, 4.69) is 21.2 Å². The Bertz CT molecular complexity index is 651. The largest absolute Gasteiger partial charge is 0.478 e. The zero-order valence-corrected chi connectivity index (χ0v) is 12.3. The lowest BCUT2D eigenvalue weighted by Gasteiger charge is -2.06. The number of carbonyl (C=O) groups excluding carboxylic acids is 1. The molecule has 0 saturated heterocycles. The van der Waals surface area contributed by atoms with Crippen LogP contribution in [0.2, 0.25) is 0 Å². The molecule has 0 fully saturated rings. The Hall–Kier alpha value is -1.66. The number of carboxylic acids is 1. The minimum absolute atomic E-state index is 0.112. The smallest absolute Gasteiger partial charge is 0.336 e. The van der Waals surface area contributed by atoms with E-state index >= 15 is 0 Å². The molecule has 0 aliphatic heterocycles. The number of thiophene rings is 1. The summed E-state index contributed by atoms with van der Waals surface area (Å²) in [5.41, 5.74) is 1.47. The minimum atomic E-state index is -1.05. The molecule has 0 saturated carbocycles. The summed E-state index contributed by atoms with van der Waals surface area (Å²) in [7, 11) is 0. The number of aryl methyl sites for hydroxylation is 1. The average Bonchev–Trinajstić information content (AvgIpc) is 2.77. The van der Waals surface area contributed by atoms with E-state index in [1.807, 2.05) is 18.4 Å². The van der Waals surface area contributed by atoms with Gasteiger partial charge in [-0.15, -0.1) is 11.3 Å². The summed E-state index contributed by atoms with van der Waals surface area (Å²) >= 11 is 4.51. The van der Waals surface area contributed by atoms with Crippen molar-refractivity contribution in [3.05, 3.63) is 50.1 Å². The van der Waals surface area contributed by atoms with Gasteiger partial charge in [0.15, 0.2) is 0 Å². The number of hydrogen-bond acceptors (Lipinski definition) is 3. The van der Waals surface area contributed by atoms with Crippen LogP contribution in [-0.2, 0) is 0 Å². The molecule has 2 aromatic rings. The minimum Gasteiger partial charge on any atom is -0.478 e. The predicted molar refractivity (Wildman–Crippen MR) is 78.1 cm³/mol. The van der Waals surface area contributed by atoms with E-state index in [0.29, 0.717) is 15.0 Å². The van der Waals surface area contributed by atoms with Crippen LogP contribution in [0.15, 0.2) is 34.1 Å². The Morgan fingerprint density at radius 1 is 1.32 bits per heavy atom. The molecule has 1 aromatic heterocycles. The van der Waals surface area contributed by atoms with Crippen molar-refractivity contribution in [2.75, 3.05) is 5.32 Å². The van der Waals surface area contributed by atoms with Crippen LogP contribution in [-0.4, -0.2) is 17.0 Å². The molecule has 0 aliphatic rings. The Labute approximate surface area is 122 Å². The van der Waals surface area contributed by atoms with Crippen molar-refractivity contribution in [3.63, 3.8) is 0 Å². The molecule has 1 heterocycles. The van der Waals surface area contributed by atoms with Gasteiger partial charge in [0.05, 0.1) is 10.4 Å². The zero-order chi connectivity index (χ0) is 14.0. The molecule has 0 unspecified atom stereocenters. The van der Waals surface area contributed by atoms with Crippen molar-refractivity contribution < 1.29 is 14.7 Å². The fraction of sp³-hybridized carbons (Fsp3) is 0.0769. The van der Waals surface area contributed by atoms with Crippen LogP contribution < -0.4 is 5.32 Å². The number of aromatic carboxylic acids is 1. The highest BCUT2D eigenvalue weighted by Gasteiger charge is 2.13. The summed E-state index contributed by atoms with van der Waals surface area (Å²) in [5, 5.41) is 13.5. The van der Waals surface area contributed by atoms with Crippen LogP contribution in [0.5, 0.6) is 0 Å². The number of nitrogens with one attached hydrogen (secondary N) is 1. The van der Waals surface area contributed by atoms with Crippen LogP contribution >= 0.6 is 27.3 Å². The highest BCUT2D eigenvalue weighted by molar-refractivity contribution is 9.10. The number of rotatable bonds is 3. The van der Waals surface area contributed by atoms with Crippen molar-refractivity contribution in [1.29, 1.82) is 0 Å². The first-order valence-electron chi connectivity index (χ1n) is 5.37. The second kappa shape index (κ2) is 5.54. The fourth-order valence-electron chi connectivity index (χ4n) is 1.56. The third-order valence-corrected chi connectivity index (χ3v) is 4.23. The van der Waals surface area contributed by atoms with Gasteiger partial charge in [-0.2, -0.15) is 0 Å². The van der Waals surface area contributed by atoms with Gasteiger partial charge in [0.1, 0.15) is 0 Å². The SMILES string of the molecule is Cc1ccsc1C(=O)Nc1ccc(Br)c(C(=O)O)c1. The second-order valence-electron chi connectivity index (χ2n) is 3.89. The molecule has 6 heteroatoms. The van der Waals surface area contributed by atoms with Crippen LogP contribution in [0.4, 0.5) is 5.69 Å². The van der Waals surface area contributed by atoms with E-state index in [1.54, 1.807) is 12.1 Å². The summed E-state index contributed by atoms with van der Waals surface area (Å²) in [4.78, 5) is 23.6. The van der Waals surface area contributed by atoms with Gasteiger partial charge in [0, 0.05) is 10.2 Å². The number of anilines is 1. The molecular formula is C13H10BrNO3S. The fourth-order valence-corrected chi connectivity index (χ4v) is 2.80. The molecule has 0 spiro atoms. The molecular weight excluding hydrogens is 330 g/mol. The highest BCUT2D eigenvalue weighted by atomic mass is 79.9. The number of carbonyl (C=O) groups is 2. The van der Waals surface area contributed by atoms with Crippen molar-refractivity contribution in [2.24, 2.45) is 0 Å². The van der Waals surface area contributed by atoms with E-state index in [-0.39, 0.29) is 11.5 Å². The van der Waals surface area contributed by atoms with E-state index in [4.69, 9.17) is 5.11 Å². The van der Waals surface area contributed by atoms with Gasteiger partial charge in [-0.1, -0.05) is 0 Å². The quantitative estimate of drug-likeness (QED) is 0.894. The maximum Gasteiger partial charge on any atom is 0.336 e. The maximum atomic E-state index is 12.0. The number of hydrogen-bond donors (Lipinski definition) is 2. The van der Waals surface area contributed by atoms with Crippen molar-refractivity contribution in [2.45, 2.75) is 6.92 Å². The van der Waals surface area contributed by atoms with Crippen LogP contribution in [0, 0.1) is 6.92 Å². The van der Waals surface area contributed by atoms with E-state index in [9.17, 15) is 9.59 Å². The van der Waals surface area contributed by atoms with E-state index in [1.165, 1.54) is 17.4 Å². The van der Waals surface area contributed by atoms with Gasteiger partial charge < -0.3 is 10.4 Å². The van der Waals surface area contributed by atoms with E-state index in [0.717, 1.165) is 5.56 Å². The molecule has 2 rings (SSSR count). The third kappa shape index (κ3) is 3.02. The summed E-state index contributed by atoms with van der Waals surface area (Å²) in [5.74, 6) is -1.28. The third-order valence-electron chi connectivity index (χ3n) is 2.52. The van der Waals surface area contributed by atoms with Crippen molar-refractivity contribution in [3.8, 4) is 0 Å². The monoisotopic (exact) mass is 339 g/mol. The topological polar surface area (TPSA) is 66.4 Å². The Kier molecular flexibility index (Phi) is 4.01. The molecule has 1 amide bonds. The molecule has 4 nitrogen and oxygen atoms in total. The Balaban J connectivity index is 2.25. The maximum absolute atomic E-state index is 12.0. The molecule has 0 aliphatic carbocycles. The average molecular weight is 340 g/mol. The zero-order valence-electron chi connectivity index (χ0n) is 9.94. The summed E-state index contributed by atoms with van der Waals surface area (Å²) < 4.78 is 0.477. The number of carboxylic acid groups (broad SMARTS) is 1. The van der Waals surface area contributed by atoms with Gasteiger partial charge in [-0.3, -0.25) is 4.79 Å². The molecule has 2 N–H and O–H groups in total. The Morgan fingerprint density at radius 2 is 2.05 bits per heavy atom. The standard InChI is InChI=1S/C13H10BrNO3S/c1-7-4-5-19-11(7)12(16)15-8-2-3-10(14)9(6-8)13(17)18/h2-6H,1H3,(H,15,16)(H,17,18). The first kappa shape index (κ1) is 13.8. The summed E-state index contributed by atoms with van der Waals surface area (Å²) in [6.07, 6.45) is 0. The number of benzene rings is 1. The van der Waals surface area contributed by atoms with E-state index < -0.39 is 5.97 Å². The highest BCUT2D eigenvalue weighted by Crippen LogP contribution is 2.23. The molecule has 19 heavy (non-hydrogen) atoms. The van der Waals surface area contributed by atoms with Gasteiger partial charge >= 0.3 is 5.97 Å². The Morgan fingerprint density at radius 3 is 2.63 bits per heavy atom. The van der Waals surface area contributed by atoms with Gasteiger partial charge in [-0.05, 0) is 58.1 Å². The first-order valence-corrected chi connectivity index (χ1v) is 7.04. The normalized spacial score (nSPS) is 10.2. The predicted octanol–water partition coefficient (Wildman–Crippen LogP) is 3.77. The lowest BCUT2D eigenvalue weighted by Crippen LogP contribution is -2.12. The molecule has 1 aromatic carbocycles. The van der Waals surface area contributed by atoms with Crippen LogP contribution in [0.3, 0.4) is 0 Å². The lowest BCUT2D eigenvalue weighted by atomic mass is 10.2. The van der Waals surface area contributed by atoms with Gasteiger partial charge in [-0.25, -0.2) is 4.79 Å². The summed E-state index contributed by atoms with van der Waals surface area (Å²) in [6, 6.07) is 6.54. The van der Waals surface area contributed by atoms with Gasteiger partial charge in [0.2, 0.25) is 0 Å². The first-order chi connectivity index (χ1) is 8.99. The molecule has 0 radical (unpaired) electrons. The van der Waals surface area contributed by atoms with Crippen LogP contribution in [0.25, 0.3) is 0 Å². The van der Waals surface area contributed by atoms with Crippen LogP contribution in [0.1, 0.15) is 25.6 Å². The van der Waals surface area contributed by atoms with Crippen molar-refractivity contribution in [1.82, 2.24) is 0 Å². The molecule has 0 atom stereocenters. The lowest BCUT2D eigenvalue weighted by molar-refractivity contribution is 0.0695. The molecule has 98 valence electrons. The molecule has 0 bridgehead atoms. The van der Waals surface area contributed by atoms with Gasteiger partial charge in [0.25, 0.3) is 5.91 Å². The van der Waals surface area contributed by atoms with Crippen molar-refractivity contribution >= 4 is 44.8 Å². The number of amides is 1. The summed E-state index contributed by atoms with van der Waals surface area (Å²) in [6.45, 7) is 1.86. The second-order valence-corrected chi connectivity index (χ2v) is 5.66.